The number of ether oxygens (including phenoxy) is 1. The lowest BCUT2D eigenvalue weighted by Crippen LogP contribution is -2.41. The van der Waals surface area contributed by atoms with Crippen LogP contribution in [0.4, 0.5) is 0 Å². The van der Waals surface area contributed by atoms with Crippen molar-refractivity contribution in [2.75, 3.05) is 14.2 Å². The minimum absolute atomic E-state index is 0.136. The summed E-state index contributed by atoms with van der Waals surface area (Å²) in [6.07, 6.45) is 5.64. The molecular formula is C12H19NO. The Kier molecular flexibility index (Phi) is 2.17. The Labute approximate surface area is 86.1 Å². The molecule has 0 bridgehead atoms. The zero-order valence-corrected chi connectivity index (χ0v) is 9.45. The van der Waals surface area contributed by atoms with Gasteiger partial charge in [-0.1, -0.05) is 13.8 Å². The molecule has 2 nitrogen and oxygen atoms in total. The predicted molar refractivity (Wildman–Crippen MR) is 58.4 cm³/mol. The van der Waals surface area contributed by atoms with Gasteiger partial charge >= 0.3 is 0 Å². The smallest absolute Gasteiger partial charge is 0.0961 e. The number of rotatable bonds is 2. The summed E-state index contributed by atoms with van der Waals surface area (Å²) in [6.45, 7) is 4.57. The number of hydrogen-bond donors (Lipinski definition) is 0. The van der Waals surface area contributed by atoms with Crippen LogP contribution in [0.2, 0.25) is 0 Å². The van der Waals surface area contributed by atoms with Crippen LogP contribution in [0.15, 0.2) is 16.8 Å². The Hall–Kier alpha value is -0.790. The summed E-state index contributed by atoms with van der Waals surface area (Å²) in [5, 5.41) is 0. The van der Waals surface area contributed by atoms with Gasteiger partial charge in [-0.15, -0.1) is 0 Å². The van der Waals surface area contributed by atoms with Gasteiger partial charge in [-0.25, -0.2) is 0 Å². The molecule has 4 unspecified atom stereocenters. The normalized spacial score (nSPS) is 46.0. The van der Waals surface area contributed by atoms with Crippen molar-refractivity contribution in [2.45, 2.75) is 20.3 Å². The van der Waals surface area contributed by atoms with Crippen molar-refractivity contribution in [2.24, 2.45) is 28.2 Å². The van der Waals surface area contributed by atoms with Crippen molar-refractivity contribution >= 4 is 6.21 Å². The Bertz CT molecular complexity index is 295. The molecule has 0 radical (unpaired) electrons. The highest BCUT2D eigenvalue weighted by molar-refractivity contribution is 5.70. The van der Waals surface area contributed by atoms with Crippen LogP contribution in [0.1, 0.15) is 20.3 Å². The summed E-state index contributed by atoms with van der Waals surface area (Å²) in [5.41, 5.74) is 0.136. The van der Waals surface area contributed by atoms with Crippen LogP contribution in [0.25, 0.3) is 0 Å². The largest absolute Gasteiger partial charge is 0.501 e. The fraction of sp³-hybridized carbons (Fsp3) is 0.750. The van der Waals surface area contributed by atoms with Crippen LogP contribution < -0.4 is 0 Å². The van der Waals surface area contributed by atoms with Gasteiger partial charge in [0.1, 0.15) is 0 Å². The molecule has 78 valence electrons. The fourth-order valence-corrected chi connectivity index (χ4v) is 3.13. The number of fused-ring (bicyclic) bond motifs is 1. The minimum Gasteiger partial charge on any atom is -0.501 e. The number of aliphatic imine (C=N–C) groups is 1. The van der Waals surface area contributed by atoms with E-state index in [1.54, 1.807) is 7.11 Å². The molecule has 4 atom stereocenters. The Morgan fingerprint density at radius 2 is 2.36 bits per heavy atom. The van der Waals surface area contributed by atoms with Gasteiger partial charge in [0.25, 0.3) is 0 Å². The molecule has 2 heteroatoms. The molecule has 0 aromatic heterocycles. The first kappa shape index (κ1) is 9.75. The van der Waals surface area contributed by atoms with E-state index in [1.807, 2.05) is 7.05 Å². The SMILES string of the molecule is C/N=C\C1(C)C=C(OC)C2C(C)CC21. The zero-order valence-electron chi connectivity index (χ0n) is 9.45. The summed E-state index contributed by atoms with van der Waals surface area (Å²) >= 11 is 0. The Morgan fingerprint density at radius 3 is 2.79 bits per heavy atom. The van der Waals surface area contributed by atoms with Crippen molar-refractivity contribution < 1.29 is 4.74 Å². The topological polar surface area (TPSA) is 21.6 Å². The van der Waals surface area contributed by atoms with Gasteiger partial charge in [-0.05, 0) is 24.3 Å². The standard InChI is InChI=1S/C12H19NO/c1-8-5-9-11(8)10(14-4)6-12(9,2)7-13-3/h6-9,11H,5H2,1-4H3/b13-7-. The lowest BCUT2D eigenvalue weighted by molar-refractivity contribution is 0.0515. The van der Waals surface area contributed by atoms with E-state index in [0.29, 0.717) is 5.92 Å². The van der Waals surface area contributed by atoms with Gasteiger partial charge < -0.3 is 4.74 Å². The molecule has 0 aromatic rings. The second-order valence-corrected chi connectivity index (χ2v) is 4.85. The molecule has 0 heterocycles. The first-order valence-electron chi connectivity index (χ1n) is 5.32. The number of methoxy groups -OCH3 is 1. The van der Waals surface area contributed by atoms with E-state index in [2.05, 4.69) is 31.1 Å². The summed E-state index contributed by atoms with van der Waals surface area (Å²) in [4.78, 5) is 4.18. The van der Waals surface area contributed by atoms with E-state index in [1.165, 1.54) is 12.2 Å². The molecule has 2 aliphatic rings. The van der Waals surface area contributed by atoms with Gasteiger partial charge in [0.15, 0.2) is 0 Å². The van der Waals surface area contributed by atoms with E-state index >= 15 is 0 Å². The van der Waals surface area contributed by atoms with Crippen LogP contribution in [0.5, 0.6) is 0 Å². The average Bonchev–Trinajstić information content (AvgIpc) is 2.34. The molecule has 1 saturated carbocycles. The van der Waals surface area contributed by atoms with E-state index in [4.69, 9.17) is 4.74 Å². The lowest BCUT2D eigenvalue weighted by atomic mass is 9.59. The Balaban J connectivity index is 2.28. The summed E-state index contributed by atoms with van der Waals surface area (Å²) < 4.78 is 5.46. The minimum atomic E-state index is 0.136. The first-order chi connectivity index (χ1) is 6.62. The van der Waals surface area contributed by atoms with E-state index in [-0.39, 0.29) is 5.41 Å². The molecule has 0 N–H and O–H groups in total. The molecule has 0 spiro atoms. The van der Waals surface area contributed by atoms with E-state index < -0.39 is 0 Å². The van der Waals surface area contributed by atoms with Gasteiger partial charge in [-0.3, -0.25) is 4.99 Å². The van der Waals surface area contributed by atoms with Crippen LogP contribution in [-0.4, -0.2) is 20.4 Å². The number of nitrogens with zero attached hydrogens (tertiary/aromatic N) is 1. The summed E-state index contributed by atoms with van der Waals surface area (Å²) in [5.74, 6) is 3.31. The molecule has 2 aliphatic carbocycles. The van der Waals surface area contributed by atoms with E-state index in [0.717, 1.165) is 11.8 Å². The highest BCUT2D eigenvalue weighted by Crippen LogP contribution is 2.58. The molecular weight excluding hydrogens is 174 g/mol. The second-order valence-electron chi connectivity index (χ2n) is 4.85. The highest BCUT2D eigenvalue weighted by Gasteiger charge is 2.54. The first-order valence-corrected chi connectivity index (χ1v) is 5.32. The Morgan fingerprint density at radius 1 is 1.64 bits per heavy atom. The van der Waals surface area contributed by atoms with Crippen LogP contribution in [-0.2, 0) is 4.74 Å². The van der Waals surface area contributed by atoms with Crippen molar-refractivity contribution in [1.29, 1.82) is 0 Å². The van der Waals surface area contributed by atoms with Crippen LogP contribution in [0.3, 0.4) is 0 Å². The summed E-state index contributed by atoms with van der Waals surface area (Å²) in [7, 11) is 3.63. The molecule has 1 fully saturated rings. The van der Waals surface area contributed by atoms with Crippen LogP contribution >= 0.6 is 0 Å². The molecule has 0 aromatic carbocycles. The molecule has 0 saturated heterocycles. The van der Waals surface area contributed by atoms with Crippen molar-refractivity contribution in [3.63, 3.8) is 0 Å². The van der Waals surface area contributed by atoms with Gasteiger partial charge in [0, 0.05) is 24.6 Å². The maximum atomic E-state index is 5.46. The lowest BCUT2D eigenvalue weighted by Gasteiger charge is -2.44. The monoisotopic (exact) mass is 193 g/mol. The second kappa shape index (κ2) is 3.11. The average molecular weight is 193 g/mol. The number of hydrogen-bond acceptors (Lipinski definition) is 2. The van der Waals surface area contributed by atoms with Crippen molar-refractivity contribution in [3.8, 4) is 0 Å². The quantitative estimate of drug-likeness (QED) is 0.617. The van der Waals surface area contributed by atoms with Crippen molar-refractivity contribution in [3.05, 3.63) is 11.8 Å². The van der Waals surface area contributed by atoms with Crippen molar-refractivity contribution in [1.82, 2.24) is 0 Å². The predicted octanol–water partition coefficient (Wildman–Crippen LogP) is 2.51. The van der Waals surface area contributed by atoms with E-state index in [9.17, 15) is 0 Å². The molecule has 14 heavy (non-hydrogen) atoms. The molecule has 0 aliphatic heterocycles. The van der Waals surface area contributed by atoms with Gasteiger partial charge in [0.05, 0.1) is 12.9 Å². The maximum absolute atomic E-state index is 5.46. The summed E-state index contributed by atoms with van der Waals surface area (Å²) in [6, 6.07) is 0. The van der Waals surface area contributed by atoms with Gasteiger partial charge in [0.2, 0.25) is 0 Å². The van der Waals surface area contributed by atoms with Crippen LogP contribution in [0, 0.1) is 23.2 Å². The third-order valence-corrected chi connectivity index (χ3v) is 3.90. The zero-order chi connectivity index (χ0) is 10.3. The third kappa shape index (κ3) is 1.13. The van der Waals surface area contributed by atoms with Gasteiger partial charge in [-0.2, -0.15) is 0 Å². The third-order valence-electron chi connectivity index (χ3n) is 3.90. The molecule has 2 rings (SSSR count). The highest BCUT2D eigenvalue weighted by atomic mass is 16.5. The maximum Gasteiger partial charge on any atom is 0.0961 e. The molecule has 0 amide bonds. The number of allylic oxidation sites excluding steroid dienone is 2. The fourth-order valence-electron chi connectivity index (χ4n) is 3.13.